The minimum Gasteiger partial charge on any atom is -0.314 e. The van der Waals surface area contributed by atoms with Crippen LogP contribution in [0.4, 0.5) is 0 Å². The fourth-order valence-corrected chi connectivity index (χ4v) is 4.56. The van der Waals surface area contributed by atoms with Crippen LogP contribution >= 0.6 is 0 Å². The van der Waals surface area contributed by atoms with Crippen LogP contribution in [0.3, 0.4) is 0 Å². The molecule has 0 saturated carbocycles. The van der Waals surface area contributed by atoms with Crippen molar-refractivity contribution in [1.82, 2.24) is 5.32 Å². The van der Waals surface area contributed by atoms with Crippen molar-refractivity contribution in [3.05, 3.63) is 0 Å². The Morgan fingerprint density at radius 3 is 1.46 bits per heavy atom. The maximum absolute atomic E-state index is 3.86. The van der Waals surface area contributed by atoms with E-state index >= 15 is 0 Å². The van der Waals surface area contributed by atoms with Gasteiger partial charge in [0.2, 0.25) is 0 Å². The Balaban J connectivity index is 1.83. The van der Waals surface area contributed by atoms with E-state index in [4.69, 9.17) is 0 Å². The van der Waals surface area contributed by atoms with Gasteiger partial charge in [-0.3, -0.25) is 0 Å². The van der Waals surface area contributed by atoms with Gasteiger partial charge in [0, 0.05) is 6.04 Å². The van der Waals surface area contributed by atoms with E-state index in [1.807, 2.05) is 0 Å². The zero-order valence-electron chi connectivity index (χ0n) is 18.5. The molecule has 2 atom stereocenters. The zero-order valence-corrected chi connectivity index (χ0v) is 18.5. The molecule has 0 bridgehead atoms. The van der Waals surface area contributed by atoms with Gasteiger partial charge < -0.3 is 5.32 Å². The standard InChI is InChI=1S/C25H51N/c1-3-5-7-9-11-13-15-17-19-24-21-22-25(26-23-24)20-18-16-14-12-10-8-6-4-2/h24-26H,3-23H2,1-2H3. The molecule has 1 N–H and O–H groups in total. The molecule has 1 aliphatic rings. The summed E-state index contributed by atoms with van der Waals surface area (Å²) in [7, 11) is 0. The predicted octanol–water partition coefficient (Wildman–Crippen LogP) is 8.42. The second-order valence-electron chi connectivity index (χ2n) is 9.08. The van der Waals surface area contributed by atoms with Crippen LogP contribution < -0.4 is 5.32 Å². The average Bonchev–Trinajstić information content (AvgIpc) is 2.67. The van der Waals surface area contributed by atoms with Crippen LogP contribution in [0, 0.1) is 5.92 Å². The Hall–Kier alpha value is -0.0400. The van der Waals surface area contributed by atoms with Crippen LogP contribution in [0.25, 0.3) is 0 Å². The molecule has 0 aromatic heterocycles. The lowest BCUT2D eigenvalue weighted by Crippen LogP contribution is -2.38. The molecule has 1 heteroatoms. The van der Waals surface area contributed by atoms with Crippen molar-refractivity contribution >= 4 is 0 Å². The van der Waals surface area contributed by atoms with E-state index < -0.39 is 0 Å². The summed E-state index contributed by atoms with van der Waals surface area (Å²) < 4.78 is 0. The molecule has 2 unspecified atom stereocenters. The SMILES string of the molecule is CCCCCCCCCCC1CCC(CCCCCCCCCC)NC1. The van der Waals surface area contributed by atoms with Crippen molar-refractivity contribution < 1.29 is 0 Å². The Morgan fingerprint density at radius 1 is 0.538 bits per heavy atom. The molecule has 0 aromatic rings. The highest BCUT2D eigenvalue weighted by molar-refractivity contribution is 4.77. The second-order valence-corrected chi connectivity index (χ2v) is 9.08. The third kappa shape index (κ3) is 14.1. The van der Waals surface area contributed by atoms with Crippen molar-refractivity contribution in [2.45, 2.75) is 148 Å². The first-order valence-electron chi connectivity index (χ1n) is 12.6. The number of hydrogen-bond donors (Lipinski definition) is 1. The summed E-state index contributed by atoms with van der Waals surface area (Å²) in [4.78, 5) is 0. The minimum absolute atomic E-state index is 0.838. The molecule has 1 fully saturated rings. The molecule has 1 aliphatic heterocycles. The number of hydrogen-bond acceptors (Lipinski definition) is 1. The van der Waals surface area contributed by atoms with E-state index in [-0.39, 0.29) is 0 Å². The Morgan fingerprint density at radius 2 is 1.00 bits per heavy atom. The summed E-state index contributed by atoms with van der Waals surface area (Å²) in [5.41, 5.74) is 0. The zero-order chi connectivity index (χ0) is 18.7. The lowest BCUT2D eigenvalue weighted by Gasteiger charge is -2.30. The van der Waals surface area contributed by atoms with Crippen LogP contribution in [-0.4, -0.2) is 12.6 Å². The van der Waals surface area contributed by atoms with E-state index in [9.17, 15) is 0 Å². The normalized spacial score (nSPS) is 20.5. The van der Waals surface area contributed by atoms with E-state index in [2.05, 4.69) is 19.2 Å². The summed E-state index contributed by atoms with van der Waals surface area (Å²) in [6, 6.07) is 0.838. The fraction of sp³-hybridized carbons (Fsp3) is 1.00. The molecule has 0 aliphatic carbocycles. The highest BCUT2D eigenvalue weighted by Gasteiger charge is 2.19. The van der Waals surface area contributed by atoms with E-state index in [0.717, 1.165) is 12.0 Å². The molecular weight excluding hydrogens is 314 g/mol. The van der Waals surface area contributed by atoms with E-state index in [0.29, 0.717) is 0 Å². The summed E-state index contributed by atoms with van der Waals surface area (Å²) in [5, 5.41) is 3.86. The molecule has 1 heterocycles. The highest BCUT2D eigenvalue weighted by Crippen LogP contribution is 2.23. The minimum atomic E-state index is 0.838. The van der Waals surface area contributed by atoms with E-state index in [1.54, 1.807) is 0 Å². The van der Waals surface area contributed by atoms with Gasteiger partial charge in [-0.15, -0.1) is 0 Å². The van der Waals surface area contributed by atoms with Gasteiger partial charge in [0.1, 0.15) is 0 Å². The molecule has 1 rings (SSSR count). The number of unbranched alkanes of at least 4 members (excludes halogenated alkanes) is 14. The first-order chi connectivity index (χ1) is 12.9. The van der Waals surface area contributed by atoms with Gasteiger partial charge in [-0.05, 0) is 38.1 Å². The summed E-state index contributed by atoms with van der Waals surface area (Å²) in [6.45, 7) is 5.91. The number of nitrogens with one attached hydrogen (secondary N) is 1. The van der Waals surface area contributed by atoms with Crippen molar-refractivity contribution in [3.63, 3.8) is 0 Å². The van der Waals surface area contributed by atoms with Crippen molar-refractivity contribution in [2.24, 2.45) is 5.92 Å². The molecular formula is C25H51N. The Labute approximate surface area is 166 Å². The molecule has 0 amide bonds. The molecule has 1 nitrogen and oxygen atoms in total. The van der Waals surface area contributed by atoms with E-state index in [1.165, 1.54) is 135 Å². The van der Waals surface area contributed by atoms with Gasteiger partial charge in [-0.2, -0.15) is 0 Å². The van der Waals surface area contributed by atoms with Crippen LogP contribution in [-0.2, 0) is 0 Å². The maximum atomic E-state index is 3.86. The monoisotopic (exact) mass is 365 g/mol. The van der Waals surface area contributed by atoms with Crippen LogP contribution in [0.15, 0.2) is 0 Å². The first kappa shape index (κ1) is 24.0. The molecule has 0 aromatic carbocycles. The van der Waals surface area contributed by atoms with Gasteiger partial charge in [-0.1, -0.05) is 117 Å². The van der Waals surface area contributed by atoms with Gasteiger partial charge in [0.05, 0.1) is 0 Å². The summed E-state index contributed by atoms with van der Waals surface area (Å²) in [6.07, 6.45) is 29.1. The largest absolute Gasteiger partial charge is 0.314 e. The van der Waals surface area contributed by atoms with Crippen molar-refractivity contribution in [3.8, 4) is 0 Å². The molecule has 0 radical (unpaired) electrons. The summed E-state index contributed by atoms with van der Waals surface area (Å²) in [5.74, 6) is 0.977. The second kappa shape index (κ2) is 18.3. The van der Waals surface area contributed by atoms with Crippen LogP contribution in [0.1, 0.15) is 142 Å². The van der Waals surface area contributed by atoms with Crippen molar-refractivity contribution in [2.75, 3.05) is 6.54 Å². The Kier molecular flexibility index (Phi) is 16.9. The van der Waals surface area contributed by atoms with Crippen molar-refractivity contribution in [1.29, 1.82) is 0 Å². The molecule has 156 valence electrons. The lowest BCUT2D eigenvalue weighted by atomic mass is 9.88. The smallest absolute Gasteiger partial charge is 0.00672 e. The number of rotatable bonds is 18. The first-order valence-corrected chi connectivity index (χ1v) is 12.6. The number of piperidine rings is 1. The predicted molar refractivity (Wildman–Crippen MR) is 119 cm³/mol. The van der Waals surface area contributed by atoms with Crippen LogP contribution in [0.5, 0.6) is 0 Å². The van der Waals surface area contributed by atoms with Crippen LogP contribution in [0.2, 0.25) is 0 Å². The lowest BCUT2D eigenvalue weighted by molar-refractivity contribution is 0.278. The summed E-state index contributed by atoms with van der Waals surface area (Å²) >= 11 is 0. The average molecular weight is 366 g/mol. The molecule has 0 spiro atoms. The fourth-order valence-electron chi connectivity index (χ4n) is 4.56. The van der Waals surface area contributed by atoms with Gasteiger partial charge in [0.25, 0.3) is 0 Å². The quantitative estimate of drug-likeness (QED) is 0.240. The Bertz CT molecular complexity index is 239. The maximum Gasteiger partial charge on any atom is 0.00672 e. The van der Waals surface area contributed by atoms with Gasteiger partial charge in [0.15, 0.2) is 0 Å². The van der Waals surface area contributed by atoms with Gasteiger partial charge in [-0.25, -0.2) is 0 Å². The third-order valence-electron chi connectivity index (χ3n) is 6.49. The molecule has 26 heavy (non-hydrogen) atoms. The topological polar surface area (TPSA) is 12.0 Å². The highest BCUT2D eigenvalue weighted by atomic mass is 14.9. The third-order valence-corrected chi connectivity index (χ3v) is 6.49. The molecule has 1 saturated heterocycles. The van der Waals surface area contributed by atoms with Gasteiger partial charge >= 0.3 is 0 Å².